The summed E-state index contributed by atoms with van der Waals surface area (Å²) in [4.78, 5) is 11.9. The summed E-state index contributed by atoms with van der Waals surface area (Å²) in [5, 5.41) is 0. The van der Waals surface area contributed by atoms with E-state index in [0.717, 1.165) is 71.3 Å². The highest BCUT2D eigenvalue weighted by Crippen LogP contribution is 2.09. The largest absolute Gasteiger partial charge is 0.370 e. The van der Waals surface area contributed by atoms with E-state index in [2.05, 4.69) is 50.0 Å². The first-order valence-corrected chi connectivity index (χ1v) is 9.85. The molecule has 1 aromatic rings. The minimum absolute atomic E-state index is 0.757. The van der Waals surface area contributed by atoms with E-state index in [9.17, 15) is 0 Å². The van der Waals surface area contributed by atoms with Crippen molar-refractivity contribution in [3.05, 3.63) is 35.9 Å². The van der Waals surface area contributed by atoms with E-state index in [0.29, 0.717) is 0 Å². The lowest BCUT2D eigenvalue weighted by atomic mass is 10.1. The van der Waals surface area contributed by atoms with Crippen LogP contribution in [0.1, 0.15) is 31.2 Å². The van der Waals surface area contributed by atoms with Crippen molar-refractivity contribution in [3.8, 4) is 0 Å². The average molecular weight is 344 g/mol. The molecule has 138 valence electrons. The van der Waals surface area contributed by atoms with Crippen molar-refractivity contribution < 1.29 is 0 Å². The fourth-order valence-electron chi connectivity index (χ4n) is 3.72. The molecule has 2 saturated heterocycles. The van der Waals surface area contributed by atoms with Crippen molar-refractivity contribution >= 4 is 5.96 Å². The number of rotatable bonds is 6. The van der Waals surface area contributed by atoms with E-state index in [1.54, 1.807) is 0 Å². The van der Waals surface area contributed by atoms with E-state index >= 15 is 0 Å². The maximum Gasteiger partial charge on any atom is 0.191 e. The number of guanidine groups is 1. The van der Waals surface area contributed by atoms with Crippen LogP contribution in [0.4, 0.5) is 0 Å². The highest BCUT2D eigenvalue weighted by molar-refractivity contribution is 5.78. The number of nitrogens with zero attached hydrogens (tertiary/aromatic N) is 4. The first-order chi connectivity index (χ1) is 12.3. The van der Waals surface area contributed by atoms with E-state index in [1.165, 1.54) is 24.8 Å². The SMILES string of the molecule is NC(=NCCCN1CCN(Cc2ccccc2)CC1)N1CCCCC1. The van der Waals surface area contributed by atoms with Crippen molar-refractivity contribution in [1.29, 1.82) is 0 Å². The van der Waals surface area contributed by atoms with Gasteiger partial charge in [0.05, 0.1) is 0 Å². The molecule has 5 nitrogen and oxygen atoms in total. The predicted octanol–water partition coefficient (Wildman–Crippen LogP) is 1.99. The molecule has 0 aliphatic carbocycles. The highest BCUT2D eigenvalue weighted by Gasteiger charge is 2.16. The summed E-state index contributed by atoms with van der Waals surface area (Å²) >= 11 is 0. The zero-order chi connectivity index (χ0) is 17.3. The van der Waals surface area contributed by atoms with E-state index < -0.39 is 0 Å². The number of piperazine rings is 1. The normalized spacial score (nSPS) is 20.8. The van der Waals surface area contributed by atoms with Crippen LogP contribution in [-0.4, -0.2) is 73.0 Å². The summed E-state index contributed by atoms with van der Waals surface area (Å²) in [6.45, 7) is 9.88. The number of likely N-dealkylation sites (tertiary alicyclic amines) is 1. The molecular formula is C20H33N5. The van der Waals surface area contributed by atoms with Gasteiger partial charge in [-0.15, -0.1) is 0 Å². The summed E-state index contributed by atoms with van der Waals surface area (Å²) in [5.41, 5.74) is 7.53. The Labute approximate surface area is 152 Å². The van der Waals surface area contributed by atoms with Crippen LogP contribution in [0.15, 0.2) is 35.3 Å². The molecule has 5 heteroatoms. The molecule has 1 aromatic carbocycles. The molecule has 0 saturated carbocycles. The number of aliphatic imine (C=N–C) groups is 1. The molecule has 2 N–H and O–H groups in total. The first kappa shape index (κ1) is 18.2. The van der Waals surface area contributed by atoms with Gasteiger partial charge in [-0.05, 0) is 31.2 Å². The van der Waals surface area contributed by atoms with Crippen LogP contribution < -0.4 is 5.73 Å². The number of hydrogen-bond acceptors (Lipinski definition) is 3. The lowest BCUT2D eigenvalue weighted by molar-refractivity contribution is 0.127. The third-order valence-corrected chi connectivity index (χ3v) is 5.30. The van der Waals surface area contributed by atoms with Gasteiger partial charge in [-0.2, -0.15) is 0 Å². The van der Waals surface area contributed by atoms with Gasteiger partial charge < -0.3 is 15.5 Å². The van der Waals surface area contributed by atoms with Crippen molar-refractivity contribution in [1.82, 2.24) is 14.7 Å². The second kappa shape index (κ2) is 9.78. The van der Waals surface area contributed by atoms with Gasteiger partial charge in [-0.1, -0.05) is 30.3 Å². The zero-order valence-electron chi connectivity index (χ0n) is 15.4. The van der Waals surface area contributed by atoms with Gasteiger partial charge >= 0.3 is 0 Å². The Morgan fingerprint density at radius 2 is 1.56 bits per heavy atom. The van der Waals surface area contributed by atoms with Gasteiger partial charge in [0.15, 0.2) is 5.96 Å². The van der Waals surface area contributed by atoms with Gasteiger partial charge in [0.25, 0.3) is 0 Å². The molecule has 0 radical (unpaired) electrons. The summed E-state index contributed by atoms with van der Waals surface area (Å²) in [7, 11) is 0. The molecule has 2 fully saturated rings. The van der Waals surface area contributed by atoms with Crippen molar-refractivity contribution in [2.45, 2.75) is 32.2 Å². The van der Waals surface area contributed by atoms with E-state index in [-0.39, 0.29) is 0 Å². The van der Waals surface area contributed by atoms with Gasteiger partial charge in [0, 0.05) is 58.9 Å². The van der Waals surface area contributed by atoms with E-state index in [4.69, 9.17) is 5.73 Å². The predicted molar refractivity (Wildman–Crippen MR) is 105 cm³/mol. The zero-order valence-corrected chi connectivity index (χ0v) is 15.4. The Hall–Kier alpha value is -1.59. The maximum absolute atomic E-state index is 6.11. The Kier molecular flexibility index (Phi) is 7.12. The summed E-state index contributed by atoms with van der Waals surface area (Å²) < 4.78 is 0. The number of piperidine rings is 1. The van der Waals surface area contributed by atoms with Crippen LogP contribution in [-0.2, 0) is 6.54 Å². The van der Waals surface area contributed by atoms with Gasteiger partial charge in [0.1, 0.15) is 0 Å². The Bertz CT molecular complexity index is 516. The van der Waals surface area contributed by atoms with Gasteiger partial charge in [-0.25, -0.2) is 0 Å². The quantitative estimate of drug-likeness (QED) is 0.488. The van der Waals surface area contributed by atoms with Crippen LogP contribution in [0.3, 0.4) is 0 Å². The molecule has 0 bridgehead atoms. The van der Waals surface area contributed by atoms with Crippen molar-refractivity contribution in [2.24, 2.45) is 10.7 Å². The molecule has 0 amide bonds. The van der Waals surface area contributed by atoms with Crippen LogP contribution >= 0.6 is 0 Å². The van der Waals surface area contributed by atoms with Crippen LogP contribution in [0, 0.1) is 0 Å². The second-order valence-corrected chi connectivity index (χ2v) is 7.24. The molecule has 2 aliphatic rings. The summed E-state index contributed by atoms with van der Waals surface area (Å²) in [5.74, 6) is 0.757. The standard InChI is InChI=1S/C20H33N5/c21-20(25-12-5-2-6-13-25)22-10-7-11-23-14-16-24(17-15-23)18-19-8-3-1-4-9-19/h1,3-4,8-9H,2,5-7,10-18H2,(H2,21,22). The van der Waals surface area contributed by atoms with Gasteiger partial charge in [0.2, 0.25) is 0 Å². The van der Waals surface area contributed by atoms with Crippen LogP contribution in [0.5, 0.6) is 0 Å². The maximum atomic E-state index is 6.11. The monoisotopic (exact) mass is 343 g/mol. The molecule has 0 unspecified atom stereocenters. The molecule has 25 heavy (non-hydrogen) atoms. The van der Waals surface area contributed by atoms with Crippen molar-refractivity contribution in [2.75, 3.05) is 52.4 Å². The highest BCUT2D eigenvalue weighted by atomic mass is 15.3. The number of benzene rings is 1. The van der Waals surface area contributed by atoms with Crippen molar-refractivity contribution in [3.63, 3.8) is 0 Å². The fraction of sp³-hybridized carbons (Fsp3) is 0.650. The molecular weight excluding hydrogens is 310 g/mol. The molecule has 0 spiro atoms. The molecule has 2 aliphatic heterocycles. The topological polar surface area (TPSA) is 48.1 Å². The summed E-state index contributed by atoms with van der Waals surface area (Å²) in [6, 6.07) is 10.8. The van der Waals surface area contributed by atoms with Crippen LogP contribution in [0.2, 0.25) is 0 Å². The molecule has 2 heterocycles. The third-order valence-electron chi connectivity index (χ3n) is 5.30. The Morgan fingerprint density at radius 3 is 2.28 bits per heavy atom. The molecule has 3 rings (SSSR count). The number of hydrogen-bond donors (Lipinski definition) is 1. The minimum Gasteiger partial charge on any atom is -0.370 e. The average Bonchev–Trinajstić information content (AvgIpc) is 2.68. The Morgan fingerprint density at radius 1 is 0.880 bits per heavy atom. The first-order valence-electron chi connectivity index (χ1n) is 9.85. The second-order valence-electron chi connectivity index (χ2n) is 7.24. The van der Waals surface area contributed by atoms with Crippen LogP contribution in [0.25, 0.3) is 0 Å². The summed E-state index contributed by atoms with van der Waals surface area (Å²) in [6.07, 6.45) is 4.94. The molecule has 0 atom stereocenters. The fourth-order valence-corrected chi connectivity index (χ4v) is 3.72. The smallest absolute Gasteiger partial charge is 0.191 e. The number of nitrogens with two attached hydrogens (primary N) is 1. The van der Waals surface area contributed by atoms with E-state index in [1.807, 2.05) is 0 Å². The van der Waals surface area contributed by atoms with Gasteiger partial charge in [-0.3, -0.25) is 9.89 Å². The third kappa shape index (κ3) is 6.01. The lowest BCUT2D eigenvalue weighted by Crippen LogP contribution is -2.46. The minimum atomic E-state index is 0.757. The lowest BCUT2D eigenvalue weighted by Gasteiger charge is -2.34. The Balaban J connectivity index is 1.30. The molecule has 0 aromatic heterocycles.